The summed E-state index contributed by atoms with van der Waals surface area (Å²) < 4.78 is 1.92. The fourth-order valence-corrected chi connectivity index (χ4v) is 2.84. The van der Waals surface area contributed by atoms with Crippen LogP contribution in [0.15, 0.2) is 17.8 Å². The lowest BCUT2D eigenvalue weighted by Crippen LogP contribution is -2.44. The Labute approximate surface area is 122 Å². The van der Waals surface area contributed by atoms with Crippen LogP contribution in [-0.4, -0.2) is 33.0 Å². The van der Waals surface area contributed by atoms with Gasteiger partial charge >= 0.3 is 0 Å². The topological polar surface area (TPSA) is 66.6 Å². The molecule has 5 nitrogen and oxygen atoms in total. The first-order chi connectivity index (χ1) is 9.40. The molecule has 0 saturated carbocycles. The molecule has 0 saturated heterocycles. The molecular weight excluding hydrogens is 274 g/mol. The molecule has 1 unspecified atom stereocenters. The summed E-state index contributed by atoms with van der Waals surface area (Å²) >= 11 is 1.55. The van der Waals surface area contributed by atoms with E-state index in [0.717, 1.165) is 10.7 Å². The minimum absolute atomic E-state index is 0.0382. The zero-order valence-electron chi connectivity index (χ0n) is 12.1. The van der Waals surface area contributed by atoms with Crippen LogP contribution in [0.25, 0.3) is 4.96 Å². The van der Waals surface area contributed by atoms with Gasteiger partial charge in [-0.05, 0) is 11.8 Å². The van der Waals surface area contributed by atoms with Crippen molar-refractivity contribution in [3.63, 3.8) is 0 Å². The average Bonchev–Trinajstić information content (AvgIpc) is 2.87. The van der Waals surface area contributed by atoms with Gasteiger partial charge in [0.05, 0.1) is 12.1 Å². The van der Waals surface area contributed by atoms with Gasteiger partial charge in [0.25, 0.3) is 0 Å². The number of hydrogen-bond donors (Lipinski definition) is 2. The van der Waals surface area contributed by atoms with Crippen molar-refractivity contribution in [3.8, 4) is 0 Å². The molecule has 0 fully saturated rings. The molecule has 0 aliphatic heterocycles. The molecule has 0 spiro atoms. The molecule has 2 aromatic heterocycles. The van der Waals surface area contributed by atoms with Crippen molar-refractivity contribution in [1.29, 1.82) is 0 Å². The lowest BCUT2D eigenvalue weighted by atomic mass is 9.85. The predicted octanol–water partition coefficient (Wildman–Crippen LogP) is 1.85. The molecule has 0 bridgehead atoms. The standard InChI is InChI=1S/C14H21N3O2S/c1-14(2,3)11(4-6-18)16-12(19)8-10-9-17-5-7-20-13(17)15-10/h5,7,9,11,18H,4,6,8H2,1-3H3,(H,16,19). The van der Waals surface area contributed by atoms with Crippen LogP contribution in [0.5, 0.6) is 0 Å². The molecule has 1 atom stereocenters. The number of nitrogens with zero attached hydrogens (tertiary/aromatic N) is 2. The number of aliphatic hydroxyl groups is 1. The Morgan fingerprint density at radius 1 is 1.55 bits per heavy atom. The second-order valence-corrected chi connectivity index (χ2v) is 6.87. The van der Waals surface area contributed by atoms with E-state index < -0.39 is 0 Å². The van der Waals surface area contributed by atoms with E-state index in [2.05, 4.69) is 31.1 Å². The summed E-state index contributed by atoms with van der Waals surface area (Å²) in [6.07, 6.45) is 4.64. The van der Waals surface area contributed by atoms with Crippen molar-refractivity contribution in [1.82, 2.24) is 14.7 Å². The second kappa shape index (κ2) is 5.93. The number of imidazole rings is 1. The molecule has 20 heavy (non-hydrogen) atoms. The Kier molecular flexibility index (Phi) is 4.45. The third-order valence-corrected chi connectivity index (χ3v) is 4.05. The van der Waals surface area contributed by atoms with Crippen molar-refractivity contribution in [2.24, 2.45) is 5.41 Å². The van der Waals surface area contributed by atoms with Crippen molar-refractivity contribution < 1.29 is 9.90 Å². The highest BCUT2D eigenvalue weighted by molar-refractivity contribution is 7.15. The summed E-state index contributed by atoms with van der Waals surface area (Å²) in [6, 6.07) is -0.0382. The van der Waals surface area contributed by atoms with Crippen LogP contribution >= 0.6 is 11.3 Å². The number of carbonyl (C=O) groups is 1. The molecule has 1 amide bonds. The highest BCUT2D eigenvalue weighted by atomic mass is 32.1. The van der Waals surface area contributed by atoms with Gasteiger partial charge in [0.2, 0.25) is 5.91 Å². The molecule has 6 heteroatoms. The fraction of sp³-hybridized carbons (Fsp3) is 0.571. The van der Waals surface area contributed by atoms with Crippen LogP contribution in [-0.2, 0) is 11.2 Å². The van der Waals surface area contributed by atoms with Gasteiger partial charge < -0.3 is 10.4 Å². The summed E-state index contributed by atoms with van der Waals surface area (Å²) in [6.45, 7) is 6.24. The monoisotopic (exact) mass is 295 g/mol. The summed E-state index contributed by atoms with van der Waals surface area (Å²) in [7, 11) is 0. The number of aromatic nitrogens is 2. The Bertz CT molecular complexity index is 554. The maximum absolute atomic E-state index is 12.1. The maximum Gasteiger partial charge on any atom is 0.226 e. The first kappa shape index (κ1) is 15.0. The highest BCUT2D eigenvalue weighted by Gasteiger charge is 2.25. The summed E-state index contributed by atoms with van der Waals surface area (Å²) in [5, 5.41) is 14.1. The largest absolute Gasteiger partial charge is 0.396 e. The van der Waals surface area contributed by atoms with Crippen LogP contribution in [0.2, 0.25) is 0 Å². The van der Waals surface area contributed by atoms with Crippen molar-refractivity contribution in [3.05, 3.63) is 23.5 Å². The lowest BCUT2D eigenvalue weighted by Gasteiger charge is -2.31. The summed E-state index contributed by atoms with van der Waals surface area (Å²) in [4.78, 5) is 17.4. The maximum atomic E-state index is 12.1. The molecular formula is C14H21N3O2S. The van der Waals surface area contributed by atoms with Crippen LogP contribution in [0.1, 0.15) is 32.9 Å². The van der Waals surface area contributed by atoms with Gasteiger partial charge in [-0.25, -0.2) is 4.98 Å². The third-order valence-electron chi connectivity index (χ3n) is 3.28. The van der Waals surface area contributed by atoms with Crippen LogP contribution < -0.4 is 5.32 Å². The number of amides is 1. The van der Waals surface area contributed by atoms with E-state index >= 15 is 0 Å². The number of hydrogen-bond acceptors (Lipinski definition) is 4. The second-order valence-electron chi connectivity index (χ2n) is 6.00. The number of carbonyl (C=O) groups excluding carboxylic acids is 1. The molecule has 0 radical (unpaired) electrons. The first-order valence-electron chi connectivity index (χ1n) is 6.71. The average molecular weight is 295 g/mol. The first-order valence-corrected chi connectivity index (χ1v) is 7.59. The minimum atomic E-state index is -0.0765. The van der Waals surface area contributed by atoms with Crippen molar-refractivity contribution >= 4 is 22.2 Å². The van der Waals surface area contributed by atoms with Crippen LogP contribution in [0.4, 0.5) is 0 Å². The summed E-state index contributed by atoms with van der Waals surface area (Å²) in [5.74, 6) is -0.0517. The highest BCUT2D eigenvalue weighted by Crippen LogP contribution is 2.21. The van der Waals surface area contributed by atoms with Gasteiger partial charge in [-0.2, -0.15) is 0 Å². The van der Waals surface area contributed by atoms with E-state index in [9.17, 15) is 4.79 Å². The van der Waals surface area contributed by atoms with Crippen molar-refractivity contribution in [2.45, 2.75) is 39.7 Å². The Balaban J connectivity index is 1.98. The molecule has 2 N–H and O–H groups in total. The quantitative estimate of drug-likeness (QED) is 0.884. The van der Waals surface area contributed by atoms with Gasteiger partial charge in [-0.1, -0.05) is 20.8 Å². The van der Waals surface area contributed by atoms with Crippen LogP contribution in [0.3, 0.4) is 0 Å². The minimum Gasteiger partial charge on any atom is -0.396 e. The fourth-order valence-electron chi connectivity index (χ4n) is 2.12. The molecule has 110 valence electrons. The molecule has 2 heterocycles. The zero-order valence-corrected chi connectivity index (χ0v) is 12.9. The number of rotatable bonds is 5. The molecule has 0 aromatic carbocycles. The third kappa shape index (κ3) is 3.58. The Morgan fingerprint density at radius 2 is 2.30 bits per heavy atom. The van der Waals surface area contributed by atoms with Gasteiger partial charge in [-0.15, -0.1) is 11.3 Å². The summed E-state index contributed by atoms with van der Waals surface area (Å²) in [5.41, 5.74) is 0.693. The van der Waals surface area contributed by atoms with E-state index in [-0.39, 0.29) is 30.4 Å². The molecule has 2 aromatic rings. The van der Waals surface area contributed by atoms with Crippen LogP contribution in [0, 0.1) is 5.41 Å². The van der Waals surface area contributed by atoms with Gasteiger partial charge in [0, 0.05) is 30.4 Å². The molecule has 0 aliphatic carbocycles. The van der Waals surface area contributed by atoms with Gasteiger partial charge in [0.1, 0.15) is 0 Å². The zero-order chi connectivity index (χ0) is 14.8. The number of thiazole rings is 1. The van der Waals surface area contributed by atoms with E-state index in [1.807, 2.05) is 22.2 Å². The number of nitrogens with one attached hydrogen (secondary N) is 1. The van der Waals surface area contributed by atoms with E-state index in [1.165, 1.54) is 0 Å². The normalized spacial score (nSPS) is 13.6. The molecule has 2 rings (SSSR count). The Hall–Kier alpha value is -1.40. The van der Waals surface area contributed by atoms with Gasteiger partial charge in [0.15, 0.2) is 4.96 Å². The molecule has 0 aliphatic rings. The van der Waals surface area contributed by atoms with E-state index in [4.69, 9.17) is 5.11 Å². The lowest BCUT2D eigenvalue weighted by molar-refractivity contribution is -0.122. The Morgan fingerprint density at radius 3 is 2.90 bits per heavy atom. The smallest absolute Gasteiger partial charge is 0.226 e. The number of fused-ring (bicyclic) bond motifs is 1. The van der Waals surface area contributed by atoms with Gasteiger partial charge in [-0.3, -0.25) is 9.20 Å². The van der Waals surface area contributed by atoms with Crippen molar-refractivity contribution in [2.75, 3.05) is 6.61 Å². The SMILES string of the molecule is CC(C)(C)C(CCO)NC(=O)Cc1cn2ccsc2n1. The number of aliphatic hydroxyl groups excluding tert-OH is 1. The van der Waals surface area contributed by atoms with E-state index in [1.54, 1.807) is 11.3 Å². The predicted molar refractivity (Wildman–Crippen MR) is 79.9 cm³/mol. The van der Waals surface area contributed by atoms with E-state index in [0.29, 0.717) is 6.42 Å².